The maximum absolute atomic E-state index is 11.9. The number of nitrogens with one attached hydrogen (secondary N) is 2. The summed E-state index contributed by atoms with van der Waals surface area (Å²) < 4.78 is 5.11. The molecular formula is C17H26N2O3. The summed E-state index contributed by atoms with van der Waals surface area (Å²) in [5.74, 6) is -0.474. The van der Waals surface area contributed by atoms with E-state index in [1.165, 1.54) is 0 Å². The smallest absolute Gasteiger partial charge is 0.338 e. The Balaban J connectivity index is 2.54. The van der Waals surface area contributed by atoms with Crippen molar-refractivity contribution in [3.8, 4) is 0 Å². The van der Waals surface area contributed by atoms with Crippen LogP contribution >= 0.6 is 0 Å². The maximum Gasteiger partial charge on any atom is 0.338 e. The number of rotatable bonds is 7. The molecule has 0 heterocycles. The van der Waals surface area contributed by atoms with Crippen LogP contribution in [0.1, 0.15) is 51.4 Å². The summed E-state index contributed by atoms with van der Waals surface area (Å²) in [6.07, 6.45) is 0.785. The van der Waals surface area contributed by atoms with Crippen molar-refractivity contribution in [2.24, 2.45) is 0 Å². The van der Waals surface area contributed by atoms with Gasteiger partial charge in [-0.25, -0.2) is 4.79 Å². The van der Waals surface area contributed by atoms with E-state index in [0.29, 0.717) is 11.3 Å². The lowest BCUT2D eigenvalue weighted by molar-refractivity contribution is -0.115. The van der Waals surface area contributed by atoms with Crippen LogP contribution in [0.3, 0.4) is 0 Å². The molecule has 2 N–H and O–H groups in total. The molecule has 0 aliphatic carbocycles. The van der Waals surface area contributed by atoms with E-state index in [-0.39, 0.29) is 30.1 Å². The molecule has 0 radical (unpaired) electrons. The van der Waals surface area contributed by atoms with Gasteiger partial charge >= 0.3 is 5.97 Å². The number of ether oxygens (including phenoxy) is 1. The molecule has 0 bridgehead atoms. The standard InChI is InChI=1S/C17H26N2O3/c1-6-17(4,5)18-11-15(20)19-14-9-7-13(8-10-14)16(21)22-12(2)3/h7-10,12,18H,6,11H2,1-5H3,(H,19,20). The third-order valence-electron chi connectivity index (χ3n) is 3.36. The van der Waals surface area contributed by atoms with Crippen LogP contribution in [-0.4, -0.2) is 30.1 Å². The summed E-state index contributed by atoms with van der Waals surface area (Å²) in [6, 6.07) is 6.67. The average Bonchev–Trinajstić information content (AvgIpc) is 2.45. The SMILES string of the molecule is CCC(C)(C)NCC(=O)Nc1ccc(C(=O)OC(C)C)cc1. The number of amides is 1. The summed E-state index contributed by atoms with van der Waals surface area (Å²) >= 11 is 0. The number of carbonyl (C=O) groups excluding carboxylic acids is 2. The largest absolute Gasteiger partial charge is 0.459 e. The Labute approximate surface area is 132 Å². The highest BCUT2D eigenvalue weighted by molar-refractivity contribution is 5.94. The Morgan fingerprint density at radius 1 is 1.18 bits per heavy atom. The van der Waals surface area contributed by atoms with E-state index in [0.717, 1.165) is 6.42 Å². The Hall–Kier alpha value is -1.88. The van der Waals surface area contributed by atoms with Crippen LogP contribution in [0.5, 0.6) is 0 Å². The van der Waals surface area contributed by atoms with Crippen molar-refractivity contribution in [2.75, 3.05) is 11.9 Å². The van der Waals surface area contributed by atoms with Crippen molar-refractivity contribution in [1.82, 2.24) is 5.32 Å². The molecule has 1 aromatic carbocycles. The van der Waals surface area contributed by atoms with Gasteiger partial charge in [-0.15, -0.1) is 0 Å². The molecule has 1 aromatic rings. The van der Waals surface area contributed by atoms with Crippen molar-refractivity contribution in [1.29, 1.82) is 0 Å². The van der Waals surface area contributed by atoms with E-state index in [2.05, 4.69) is 31.4 Å². The normalized spacial score (nSPS) is 11.4. The van der Waals surface area contributed by atoms with Gasteiger partial charge in [-0.3, -0.25) is 4.79 Å². The fourth-order valence-corrected chi connectivity index (χ4v) is 1.62. The molecule has 0 unspecified atom stereocenters. The maximum atomic E-state index is 11.9. The van der Waals surface area contributed by atoms with E-state index < -0.39 is 0 Å². The van der Waals surface area contributed by atoms with Crippen LogP contribution < -0.4 is 10.6 Å². The van der Waals surface area contributed by atoms with E-state index in [1.807, 2.05) is 0 Å². The third-order valence-corrected chi connectivity index (χ3v) is 3.36. The van der Waals surface area contributed by atoms with Gasteiger partial charge in [0, 0.05) is 11.2 Å². The summed E-state index contributed by atoms with van der Waals surface area (Å²) in [7, 11) is 0. The minimum atomic E-state index is -0.362. The molecule has 0 fully saturated rings. The molecule has 1 rings (SSSR count). The fraction of sp³-hybridized carbons (Fsp3) is 0.529. The minimum absolute atomic E-state index is 0.0677. The van der Waals surface area contributed by atoms with Gasteiger partial charge in [-0.2, -0.15) is 0 Å². The second-order valence-corrected chi connectivity index (χ2v) is 6.17. The van der Waals surface area contributed by atoms with Crippen molar-refractivity contribution in [2.45, 2.75) is 52.7 Å². The van der Waals surface area contributed by atoms with Crippen molar-refractivity contribution in [3.63, 3.8) is 0 Å². The van der Waals surface area contributed by atoms with Crippen LogP contribution in [0.2, 0.25) is 0 Å². The lowest BCUT2D eigenvalue weighted by Crippen LogP contribution is -2.43. The summed E-state index contributed by atoms with van der Waals surface area (Å²) in [4.78, 5) is 23.6. The molecule has 0 atom stereocenters. The van der Waals surface area contributed by atoms with Crippen molar-refractivity contribution in [3.05, 3.63) is 29.8 Å². The number of carbonyl (C=O) groups is 2. The number of anilines is 1. The molecule has 22 heavy (non-hydrogen) atoms. The molecule has 5 heteroatoms. The quantitative estimate of drug-likeness (QED) is 0.760. The molecule has 0 aliphatic heterocycles. The summed E-state index contributed by atoms with van der Waals surface area (Å²) in [6.45, 7) is 10.0. The third kappa shape index (κ3) is 6.26. The average molecular weight is 306 g/mol. The monoisotopic (exact) mass is 306 g/mol. The highest BCUT2D eigenvalue weighted by Gasteiger charge is 2.15. The molecule has 0 saturated carbocycles. The van der Waals surface area contributed by atoms with E-state index in [1.54, 1.807) is 38.1 Å². The number of hydrogen-bond acceptors (Lipinski definition) is 4. The topological polar surface area (TPSA) is 67.4 Å². The van der Waals surface area contributed by atoms with Crippen LogP contribution in [0.15, 0.2) is 24.3 Å². The lowest BCUT2D eigenvalue weighted by Gasteiger charge is -2.24. The Kier molecular flexibility index (Phi) is 6.56. The summed E-state index contributed by atoms with van der Waals surface area (Å²) in [5.41, 5.74) is 1.06. The van der Waals surface area contributed by atoms with Gasteiger partial charge in [0.05, 0.1) is 18.2 Å². The van der Waals surface area contributed by atoms with Crippen LogP contribution in [-0.2, 0) is 9.53 Å². The Morgan fingerprint density at radius 3 is 2.27 bits per heavy atom. The van der Waals surface area contributed by atoms with Gasteiger partial charge in [0.15, 0.2) is 0 Å². The number of hydrogen-bond donors (Lipinski definition) is 2. The molecule has 1 amide bonds. The molecular weight excluding hydrogens is 280 g/mol. The zero-order valence-corrected chi connectivity index (χ0v) is 14.0. The molecule has 0 aromatic heterocycles. The Morgan fingerprint density at radius 2 is 1.77 bits per heavy atom. The summed E-state index contributed by atoms with van der Waals surface area (Å²) in [5, 5.41) is 5.99. The first-order chi connectivity index (χ1) is 10.2. The van der Waals surface area contributed by atoms with Crippen LogP contribution in [0.25, 0.3) is 0 Å². The van der Waals surface area contributed by atoms with Gasteiger partial charge in [0.25, 0.3) is 0 Å². The predicted octanol–water partition coefficient (Wildman–Crippen LogP) is 2.97. The zero-order chi connectivity index (χ0) is 16.8. The molecule has 0 saturated heterocycles. The Bertz CT molecular complexity index is 507. The van der Waals surface area contributed by atoms with E-state index in [9.17, 15) is 9.59 Å². The molecule has 0 aliphatic rings. The van der Waals surface area contributed by atoms with E-state index in [4.69, 9.17) is 4.74 Å². The van der Waals surface area contributed by atoms with E-state index >= 15 is 0 Å². The number of esters is 1. The molecule has 0 spiro atoms. The molecule has 122 valence electrons. The minimum Gasteiger partial charge on any atom is -0.459 e. The van der Waals surface area contributed by atoms with Crippen molar-refractivity contribution < 1.29 is 14.3 Å². The first-order valence-corrected chi connectivity index (χ1v) is 7.59. The first kappa shape index (κ1) is 18.2. The van der Waals surface area contributed by atoms with Crippen LogP contribution in [0, 0.1) is 0 Å². The highest BCUT2D eigenvalue weighted by atomic mass is 16.5. The van der Waals surface area contributed by atoms with Gasteiger partial charge in [-0.05, 0) is 58.4 Å². The fourth-order valence-electron chi connectivity index (χ4n) is 1.62. The second-order valence-electron chi connectivity index (χ2n) is 6.17. The van der Waals surface area contributed by atoms with Crippen LogP contribution in [0.4, 0.5) is 5.69 Å². The van der Waals surface area contributed by atoms with Gasteiger partial charge in [-0.1, -0.05) is 6.92 Å². The van der Waals surface area contributed by atoms with Gasteiger partial charge in [0.1, 0.15) is 0 Å². The first-order valence-electron chi connectivity index (χ1n) is 7.59. The predicted molar refractivity (Wildman–Crippen MR) is 88.0 cm³/mol. The molecule has 5 nitrogen and oxygen atoms in total. The van der Waals surface area contributed by atoms with Gasteiger partial charge < -0.3 is 15.4 Å². The number of benzene rings is 1. The second kappa shape index (κ2) is 7.94. The lowest BCUT2D eigenvalue weighted by atomic mass is 10.0. The highest BCUT2D eigenvalue weighted by Crippen LogP contribution is 2.12. The van der Waals surface area contributed by atoms with Crippen molar-refractivity contribution >= 4 is 17.6 Å². The van der Waals surface area contributed by atoms with Gasteiger partial charge in [0.2, 0.25) is 5.91 Å². The zero-order valence-electron chi connectivity index (χ0n) is 14.0.